The second kappa shape index (κ2) is 8.24. The van der Waals surface area contributed by atoms with E-state index >= 15 is 0 Å². The van der Waals surface area contributed by atoms with Crippen molar-refractivity contribution >= 4 is 45.7 Å². The molecule has 1 fully saturated rings. The first-order valence-corrected chi connectivity index (χ1v) is 11.2. The Bertz CT molecular complexity index is 841. The molecule has 1 amide bonds. The summed E-state index contributed by atoms with van der Waals surface area (Å²) in [6.07, 6.45) is 3.41. The van der Waals surface area contributed by atoms with Crippen LogP contribution in [0.2, 0.25) is 5.02 Å². The van der Waals surface area contributed by atoms with Gasteiger partial charge in [-0.2, -0.15) is 0 Å². The van der Waals surface area contributed by atoms with E-state index in [-0.39, 0.29) is 5.91 Å². The number of hydrogen-bond donors (Lipinski definition) is 0. The van der Waals surface area contributed by atoms with Crippen LogP contribution in [0.25, 0.3) is 0 Å². The number of anilines is 1. The van der Waals surface area contributed by atoms with Crippen molar-refractivity contribution in [3.05, 3.63) is 22.7 Å². The highest BCUT2D eigenvalue weighted by atomic mass is 35.5. The maximum absolute atomic E-state index is 12.2. The van der Waals surface area contributed by atoms with Crippen molar-refractivity contribution < 1.29 is 14.3 Å². The van der Waals surface area contributed by atoms with Gasteiger partial charge in [0.2, 0.25) is 11.0 Å². The minimum atomic E-state index is 0.111. The molecule has 27 heavy (non-hydrogen) atoms. The van der Waals surface area contributed by atoms with Gasteiger partial charge < -0.3 is 9.47 Å². The van der Waals surface area contributed by atoms with E-state index in [0.717, 1.165) is 29.2 Å². The van der Waals surface area contributed by atoms with Crippen LogP contribution in [-0.4, -0.2) is 35.4 Å². The Morgan fingerprint density at radius 3 is 2.93 bits per heavy atom. The number of rotatable bonds is 6. The third-order valence-corrected chi connectivity index (χ3v) is 6.72. The van der Waals surface area contributed by atoms with Crippen molar-refractivity contribution in [1.82, 2.24) is 10.2 Å². The molecule has 0 N–H and O–H groups in total. The van der Waals surface area contributed by atoms with Crippen molar-refractivity contribution in [3.63, 3.8) is 0 Å². The zero-order valence-electron chi connectivity index (χ0n) is 14.9. The fourth-order valence-electron chi connectivity index (χ4n) is 2.84. The summed E-state index contributed by atoms with van der Waals surface area (Å²) in [5.41, 5.74) is 1.04. The lowest BCUT2D eigenvalue weighted by molar-refractivity contribution is -0.118. The smallest absolute Gasteiger partial charge is 0.228 e. The number of thioether (sulfide) groups is 1. The van der Waals surface area contributed by atoms with Crippen molar-refractivity contribution in [3.8, 4) is 11.5 Å². The fourth-order valence-corrected chi connectivity index (χ4v) is 4.99. The highest BCUT2D eigenvalue weighted by Crippen LogP contribution is 2.40. The van der Waals surface area contributed by atoms with E-state index in [9.17, 15) is 4.79 Å². The highest BCUT2D eigenvalue weighted by Gasteiger charge is 2.35. The second-order valence-corrected chi connectivity index (χ2v) is 9.03. The largest absolute Gasteiger partial charge is 0.489 e. The molecule has 0 spiro atoms. The summed E-state index contributed by atoms with van der Waals surface area (Å²) in [4.78, 5) is 14.0. The van der Waals surface area contributed by atoms with Gasteiger partial charge in [-0.15, -0.1) is 10.2 Å². The lowest BCUT2D eigenvalue weighted by Gasteiger charge is -2.17. The molecule has 4 rings (SSSR count). The summed E-state index contributed by atoms with van der Waals surface area (Å²) in [6.45, 7) is 3.12. The molecular weight excluding hydrogens is 406 g/mol. The molecule has 2 heterocycles. The Morgan fingerprint density at radius 2 is 2.15 bits per heavy atom. The molecule has 2 aliphatic rings. The van der Waals surface area contributed by atoms with Crippen molar-refractivity contribution in [2.24, 2.45) is 0 Å². The van der Waals surface area contributed by atoms with Crippen LogP contribution in [0, 0.1) is 0 Å². The summed E-state index contributed by atoms with van der Waals surface area (Å²) >= 11 is 9.40. The van der Waals surface area contributed by atoms with Crippen molar-refractivity contribution in [2.75, 3.05) is 18.1 Å². The van der Waals surface area contributed by atoms with Crippen LogP contribution in [-0.2, 0) is 10.5 Å². The van der Waals surface area contributed by atoms with Crippen LogP contribution in [0.4, 0.5) is 5.13 Å². The normalized spacial score (nSPS) is 16.1. The summed E-state index contributed by atoms with van der Waals surface area (Å²) < 4.78 is 12.2. The SMILES string of the molecule is CCC(=O)N(c1nnc(SCc2cc(Cl)c3c(c2)OCCCO3)s1)C1CC1. The summed E-state index contributed by atoms with van der Waals surface area (Å²) in [7, 11) is 0. The number of aromatic nitrogens is 2. The van der Waals surface area contributed by atoms with E-state index in [1.54, 1.807) is 11.8 Å². The van der Waals surface area contributed by atoms with Crippen LogP contribution < -0.4 is 14.4 Å². The number of amides is 1. The van der Waals surface area contributed by atoms with E-state index in [1.165, 1.54) is 11.3 Å². The van der Waals surface area contributed by atoms with Gasteiger partial charge in [0, 0.05) is 24.6 Å². The molecule has 144 valence electrons. The molecule has 0 saturated heterocycles. The number of nitrogens with zero attached hydrogens (tertiary/aromatic N) is 3. The molecule has 1 aliphatic heterocycles. The minimum absolute atomic E-state index is 0.111. The Morgan fingerprint density at radius 1 is 1.33 bits per heavy atom. The zero-order valence-corrected chi connectivity index (χ0v) is 17.3. The number of benzene rings is 1. The molecule has 1 aliphatic carbocycles. The molecule has 0 bridgehead atoms. The maximum atomic E-state index is 12.2. The average Bonchev–Trinajstić information content (AvgIpc) is 3.43. The molecule has 9 heteroatoms. The number of fused-ring (bicyclic) bond motifs is 1. The van der Waals surface area contributed by atoms with Gasteiger partial charge in [-0.05, 0) is 30.5 Å². The zero-order chi connectivity index (χ0) is 18.8. The van der Waals surface area contributed by atoms with Gasteiger partial charge >= 0.3 is 0 Å². The van der Waals surface area contributed by atoms with Gasteiger partial charge in [-0.3, -0.25) is 9.69 Å². The summed E-state index contributed by atoms with van der Waals surface area (Å²) in [5.74, 6) is 2.12. The van der Waals surface area contributed by atoms with E-state index in [2.05, 4.69) is 10.2 Å². The molecule has 1 aromatic carbocycles. The lowest BCUT2D eigenvalue weighted by Crippen LogP contribution is -2.32. The van der Waals surface area contributed by atoms with E-state index in [4.69, 9.17) is 21.1 Å². The predicted octanol–water partition coefficient (Wildman–Crippen LogP) is 4.55. The molecule has 1 aromatic heterocycles. The van der Waals surface area contributed by atoms with Crippen LogP contribution >= 0.6 is 34.7 Å². The molecule has 0 radical (unpaired) electrons. The molecule has 1 saturated carbocycles. The van der Waals surface area contributed by atoms with E-state index in [1.807, 2.05) is 24.0 Å². The fraction of sp³-hybridized carbons (Fsp3) is 0.500. The third kappa shape index (κ3) is 4.33. The van der Waals surface area contributed by atoms with Gasteiger partial charge in [0.25, 0.3) is 0 Å². The number of halogens is 1. The molecule has 2 aromatic rings. The van der Waals surface area contributed by atoms with Crippen molar-refractivity contribution in [1.29, 1.82) is 0 Å². The monoisotopic (exact) mass is 425 g/mol. The number of carbonyl (C=O) groups excluding carboxylic acids is 1. The van der Waals surface area contributed by atoms with Crippen LogP contribution in [0.5, 0.6) is 11.5 Å². The van der Waals surface area contributed by atoms with Gasteiger partial charge in [0.1, 0.15) is 0 Å². The first-order valence-electron chi connectivity index (χ1n) is 9.02. The highest BCUT2D eigenvalue weighted by molar-refractivity contribution is 8.00. The molecule has 0 unspecified atom stereocenters. The third-order valence-electron chi connectivity index (χ3n) is 4.31. The van der Waals surface area contributed by atoms with Gasteiger partial charge in [0.15, 0.2) is 15.8 Å². The average molecular weight is 426 g/mol. The molecule has 6 nitrogen and oxygen atoms in total. The minimum Gasteiger partial charge on any atom is -0.489 e. The topological polar surface area (TPSA) is 64.6 Å². The van der Waals surface area contributed by atoms with Crippen LogP contribution in [0.1, 0.15) is 38.2 Å². The Hall–Kier alpha value is -1.51. The van der Waals surface area contributed by atoms with E-state index in [0.29, 0.717) is 53.1 Å². The predicted molar refractivity (Wildman–Crippen MR) is 107 cm³/mol. The first kappa shape index (κ1) is 18.8. The standard InChI is InChI=1S/C18H20ClN3O3S2/c1-2-15(23)22(12-4-5-12)17-20-21-18(27-17)26-10-11-8-13(19)16-14(9-11)24-6-3-7-25-16/h8-9,12H,2-7,10H2,1H3. The number of carbonyl (C=O) groups is 1. The van der Waals surface area contributed by atoms with E-state index < -0.39 is 0 Å². The second-order valence-electron chi connectivity index (χ2n) is 6.44. The number of ether oxygens (including phenoxy) is 2. The molecular formula is C18H20ClN3O3S2. The quantitative estimate of drug-likeness (QED) is 0.499. The van der Waals surface area contributed by atoms with Crippen LogP contribution in [0.3, 0.4) is 0 Å². The Labute approximate surface area is 171 Å². The summed E-state index contributed by atoms with van der Waals surface area (Å²) in [6, 6.07) is 4.17. The maximum Gasteiger partial charge on any atom is 0.228 e. The van der Waals surface area contributed by atoms with Gasteiger partial charge in [-0.1, -0.05) is 41.6 Å². The molecule has 0 atom stereocenters. The Kier molecular flexibility index (Phi) is 5.75. The van der Waals surface area contributed by atoms with Gasteiger partial charge in [0.05, 0.1) is 18.2 Å². The van der Waals surface area contributed by atoms with Crippen LogP contribution in [0.15, 0.2) is 16.5 Å². The van der Waals surface area contributed by atoms with Crippen molar-refractivity contribution in [2.45, 2.75) is 48.7 Å². The first-order chi connectivity index (χ1) is 13.2. The summed E-state index contributed by atoms with van der Waals surface area (Å²) in [5, 5.41) is 9.76. The number of hydrogen-bond acceptors (Lipinski definition) is 7. The van der Waals surface area contributed by atoms with Gasteiger partial charge in [-0.25, -0.2) is 0 Å². The Balaban J connectivity index is 1.45. The lowest BCUT2D eigenvalue weighted by atomic mass is 10.2.